The van der Waals surface area contributed by atoms with Crippen LogP contribution in [-0.2, 0) is 9.53 Å². The van der Waals surface area contributed by atoms with Crippen LogP contribution in [0.25, 0.3) is 0 Å². The van der Waals surface area contributed by atoms with Gasteiger partial charge in [0.05, 0.1) is 13.2 Å². The van der Waals surface area contributed by atoms with Crippen molar-refractivity contribution in [2.75, 3.05) is 54.0 Å². The first kappa shape index (κ1) is 21.2. The molecule has 1 aliphatic rings. The second-order valence-corrected chi connectivity index (χ2v) is 4.77. The van der Waals surface area contributed by atoms with E-state index in [-0.39, 0.29) is 30.7 Å². The fourth-order valence-electron chi connectivity index (χ4n) is 2.08. The van der Waals surface area contributed by atoms with Gasteiger partial charge in [-0.2, -0.15) is 0 Å². The number of nitrogens with one attached hydrogen (secondary N) is 1. The molecule has 1 unspecified atom stereocenters. The number of hydrogen-bond donors (Lipinski definition) is 1. The Bertz CT molecular complexity index is 243. The van der Waals surface area contributed by atoms with Crippen molar-refractivity contribution in [1.29, 1.82) is 0 Å². The summed E-state index contributed by atoms with van der Waals surface area (Å²) in [5.41, 5.74) is 0. The lowest BCUT2D eigenvalue weighted by atomic mass is 10.0. The zero-order valence-electron chi connectivity index (χ0n) is 12.1. The summed E-state index contributed by atoms with van der Waals surface area (Å²) in [4.78, 5) is 16.1. The number of nitrogens with zero attached hydrogens (tertiary/aromatic N) is 2. The van der Waals surface area contributed by atoms with Gasteiger partial charge in [-0.15, -0.1) is 24.8 Å². The maximum atomic E-state index is 11.9. The van der Waals surface area contributed by atoms with Crippen LogP contribution in [-0.4, -0.2) is 75.7 Å². The van der Waals surface area contributed by atoms with Crippen molar-refractivity contribution in [3.05, 3.63) is 0 Å². The van der Waals surface area contributed by atoms with E-state index in [9.17, 15) is 4.79 Å². The molecule has 0 bridgehead atoms. The van der Waals surface area contributed by atoms with Crippen LogP contribution in [0.4, 0.5) is 0 Å². The van der Waals surface area contributed by atoms with Gasteiger partial charge in [0.2, 0.25) is 5.91 Å². The van der Waals surface area contributed by atoms with Gasteiger partial charge in [-0.3, -0.25) is 4.79 Å². The molecule has 1 amide bonds. The first-order valence-corrected chi connectivity index (χ1v) is 6.29. The Labute approximate surface area is 128 Å². The van der Waals surface area contributed by atoms with Crippen LogP contribution in [0.15, 0.2) is 0 Å². The Morgan fingerprint density at radius 2 is 2.11 bits per heavy atom. The van der Waals surface area contributed by atoms with Crippen LogP contribution < -0.4 is 5.32 Å². The molecule has 1 fully saturated rings. The number of methoxy groups -OCH3 is 1. The second-order valence-electron chi connectivity index (χ2n) is 4.77. The molecule has 0 aromatic heterocycles. The third-order valence-corrected chi connectivity index (χ3v) is 3.24. The quantitative estimate of drug-likeness (QED) is 0.730. The number of piperidine rings is 1. The molecule has 0 saturated carbocycles. The van der Waals surface area contributed by atoms with E-state index in [1.165, 1.54) is 6.42 Å². The molecule has 0 aliphatic carbocycles. The molecular weight excluding hydrogens is 289 g/mol. The SMILES string of the molecule is COCCNCC(=O)N1CCCC(N(C)C)C1.Cl.Cl. The average Bonchev–Trinajstić information content (AvgIpc) is 2.34. The molecule has 0 radical (unpaired) electrons. The molecule has 1 atom stereocenters. The van der Waals surface area contributed by atoms with E-state index in [0.717, 1.165) is 26.1 Å². The van der Waals surface area contributed by atoms with Crippen molar-refractivity contribution in [3.8, 4) is 0 Å². The lowest BCUT2D eigenvalue weighted by Gasteiger charge is -2.36. The fourth-order valence-corrected chi connectivity index (χ4v) is 2.08. The van der Waals surface area contributed by atoms with Gasteiger partial charge < -0.3 is 19.9 Å². The van der Waals surface area contributed by atoms with Crippen LogP contribution in [0.1, 0.15) is 12.8 Å². The minimum atomic E-state index is 0. The summed E-state index contributed by atoms with van der Waals surface area (Å²) in [5.74, 6) is 0.202. The summed E-state index contributed by atoms with van der Waals surface area (Å²) in [7, 11) is 5.82. The summed E-state index contributed by atoms with van der Waals surface area (Å²) < 4.78 is 4.92. The average molecular weight is 316 g/mol. The summed E-state index contributed by atoms with van der Waals surface area (Å²) in [6, 6.07) is 0.506. The molecule has 7 heteroatoms. The highest BCUT2D eigenvalue weighted by Gasteiger charge is 2.24. The molecule has 0 aromatic carbocycles. The smallest absolute Gasteiger partial charge is 0.236 e. The number of hydrogen-bond acceptors (Lipinski definition) is 4. The predicted molar refractivity (Wildman–Crippen MR) is 82.5 cm³/mol. The predicted octanol–water partition coefficient (Wildman–Crippen LogP) is 0.619. The highest BCUT2D eigenvalue weighted by Crippen LogP contribution is 2.13. The van der Waals surface area contributed by atoms with Gasteiger partial charge in [0.1, 0.15) is 0 Å². The summed E-state index contributed by atoms with van der Waals surface area (Å²) in [6.07, 6.45) is 2.29. The standard InChI is InChI=1S/C12H25N3O2.2ClH/c1-14(2)11-5-4-7-15(10-11)12(16)9-13-6-8-17-3;;/h11,13H,4-10H2,1-3H3;2*1H. The number of likely N-dealkylation sites (tertiary alicyclic amines) is 1. The zero-order valence-corrected chi connectivity index (χ0v) is 13.7. The third kappa shape index (κ3) is 7.95. The van der Waals surface area contributed by atoms with Crippen LogP contribution >= 0.6 is 24.8 Å². The van der Waals surface area contributed by atoms with Gasteiger partial charge in [0, 0.05) is 32.8 Å². The normalized spacial score (nSPS) is 18.7. The minimum Gasteiger partial charge on any atom is -0.383 e. The maximum Gasteiger partial charge on any atom is 0.236 e. The lowest BCUT2D eigenvalue weighted by molar-refractivity contribution is -0.132. The molecule has 5 nitrogen and oxygen atoms in total. The topological polar surface area (TPSA) is 44.8 Å². The van der Waals surface area contributed by atoms with E-state index in [4.69, 9.17) is 4.74 Å². The van der Waals surface area contributed by atoms with Gasteiger partial charge in [0.25, 0.3) is 0 Å². The van der Waals surface area contributed by atoms with E-state index in [1.54, 1.807) is 7.11 Å². The minimum absolute atomic E-state index is 0. The fraction of sp³-hybridized carbons (Fsp3) is 0.917. The number of carbonyl (C=O) groups is 1. The van der Waals surface area contributed by atoms with Crippen molar-refractivity contribution in [3.63, 3.8) is 0 Å². The van der Waals surface area contributed by atoms with Crippen LogP contribution in [0.3, 0.4) is 0 Å². The number of ether oxygens (including phenoxy) is 1. The van der Waals surface area contributed by atoms with Crippen LogP contribution in [0, 0.1) is 0 Å². The summed E-state index contributed by atoms with van der Waals surface area (Å²) in [6.45, 7) is 3.55. The van der Waals surface area contributed by atoms with Crippen LogP contribution in [0.2, 0.25) is 0 Å². The molecule has 19 heavy (non-hydrogen) atoms. The Morgan fingerprint density at radius 3 is 2.68 bits per heavy atom. The number of halogens is 2. The summed E-state index contributed by atoms with van der Waals surface area (Å²) in [5, 5.41) is 3.10. The molecule has 1 rings (SSSR count). The molecule has 0 spiro atoms. The molecule has 1 saturated heterocycles. The number of rotatable bonds is 6. The molecule has 1 aliphatic heterocycles. The first-order valence-electron chi connectivity index (χ1n) is 6.29. The lowest BCUT2D eigenvalue weighted by Crippen LogP contribution is -2.49. The molecule has 0 aromatic rings. The number of carbonyl (C=O) groups excluding carboxylic acids is 1. The second kappa shape index (κ2) is 11.7. The zero-order chi connectivity index (χ0) is 12.7. The molecule has 1 N–H and O–H groups in total. The van der Waals surface area contributed by atoms with Crippen molar-refractivity contribution < 1.29 is 9.53 Å². The first-order chi connectivity index (χ1) is 8.15. The van der Waals surface area contributed by atoms with Gasteiger partial charge in [-0.1, -0.05) is 0 Å². The number of amides is 1. The van der Waals surface area contributed by atoms with Crippen molar-refractivity contribution in [1.82, 2.24) is 15.1 Å². The van der Waals surface area contributed by atoms with Crippen molar-refractivity contribution >= 4 is 30.7 Å². The Balaban J connectivity index is 0. The Kier molecular flexibility index (Phi) is 13.1. The largest absolute Gasteiger partial charge is 0.383 e. The molecule has 1 heterocycles. The van der Waals surface area contributed by atoms with E-state index in [0.29, 0.717) is 19.2 Å². The van der Waals surface area contributed by atoms with Crippen LogP contribution in [0.5, 0.6) is 0 Å². The number of likely N-dealkylation sites (N-methyl/N-ethyl adjacent to an activating group) is 1. The van der Waals surface area contributed by atoms with Gasteiger partial charge >= 0.3 is 0 Å². The third-order valence-electron chi connectivity index (χ3n) is 3.24. The van der Waals surface area contributed by atoms with E-state index in [1.807, 2.05) is 4.90 Å². The Hall–Kier alpha value is -0.0700. The van der Waals surface area contributed by atoms with E-state index >= 15 is 0 Å². The maximum absolute atomic E-state index is 11.9. The summed E-state index contributed by atoms with van der Waals surface area (Å²) >= 11 is 0. The van der Waals surface area contributed by atoms with Gasteiger partial charge in [-0.05, 0) is 26.9 Å². The van der Waals surface area contributed by atoms with Gasteiger partial charge in [-0.25, -0.2) is 0 Å². The highest BCUT2D eigenvalue weighted by atomic mass is 35.5. The van der Waals surface area contributed by atoms with Gasteiger partial charge in [0.15, 0.2) is 0 Å². The van der Waals surface area contributed by atoms with Crippen molar-refractivity contribution in [2.45, 2.75) is 18.9 Å². The molecule has 116 valence electrons. The Morgan fingerprint density at radius 1 is 1.42 bits per heavy atom. The molecular formula is C12H27Cl2N3O2. The van der Waals surface area contributed by atoms with Crippen molar-refractivity contribution in [2.24, 2.45) is 0 Å². The highest BCUT2D eigenvalue weighted by molar-refractivity contribution is 5.85. The monoisotopic (exact) mass is 315 g/mol. The van der Waals surface area contributed by atoms with E-state index < -0.39 is 0 Å². The van der Waals surface area contributed by atoms with E-state index in [2.05, 4.69) is 24.3 Å².